The molecule has 0 radical (unpaired) electrons. The van der Waals surface area contributed by atoms with E-state index in [-0.39, 0.29) is 11.7 Å². The quantitative estimate of drug-likeness (QED) is 0.302. The lowest BCUT2D eigenvalue weighted by molar-refractivity contribution is 0.267. The summed E-state index contributed by atoms with van der Waals surface area (Å²) in [4.78, 5) is 25.7. The molecule has 1 aliphatic carbocycles. The first kappa shape index (κ1) is 23.6. The van der Waals surface area contributed by atoms with Crippen LogP contribution in [0.5, 0.6) is 0 Å². The van der Waals surface area contributed by atoms with Crippen molar-refractivity contribution in [1.82, 2.24) is 29.7 Å². The highest BCUT2D eigenvalue weighted by Gasteiger charge is 2.24. The Morgan fingerprint density at radius 1 is 1.11 bits per heavy atom. The number of nitrogens with one attached hydrogen (secondary N) is 1. The van der Waals surface area contributed by atoms with Crippen molar-refractivity contribution in [1.29, 1.82) is 0 Å². The number of aromatic nitrogens is 6. The lowest BCUT2D eigenvalue weighted by Crippen LogP contribution is -2.17. The number of hydrogen-bond donors (Lipinski definition) is 1. The Morgan fingerprint density at radius 2 is 1.92 bits per heavy atom. The zero-order chi connectivity index (χ0) is 25.4. The molecule has 1 saturated carbocycles. The molecule has 8 nitrogen and oxygen atoms in total. The molecule has 0 atom stereocenters. The van der Waals surface area contributed by atoms with Crippen LogP contribution in [0.3, 0.4) is 0 Å². The molecule has 1 N–H and O–H groups in total. The van der Waals surface area contributed by atoms with Crippen LogP contribution in [0.1, 0.15) is 43.7 Å². The molecule has 188 valence electrons. The Kier molecular flexibility index (Phi) is 6.34. The van der Waals surface area contributed by atoms with Crippen molar-refractivity contribution in [3.05, 3.63) is 81.7 Å². The summed E-state index contributed by atoms with van der Waals surface area (Å²) in [7, 11) is 0. The van der Waals surface area contributed by atoms with Gasteiger partial charge in [-0.2, -0.15) is 0 Å². The number of benzene rings is 1. The first-order valence-corrected chi connectivity index (χ1v) is 13.0. The van der Waals surface area contributed by atoms with Crippen LogP contribution in [0.25, 0.3) is 34.0 Å². The summed E-state index contributed by atoms with van der Waals surface area (Å²) in [6.07, 6.45) is 11.2. The fraction of sp³-hybridized carbons (Fsp3) is 0.321. The largest absolute Gasteiger partial charge is 0.434 e. The summed E-state index contributed by atoms with van der Waals surface area (Å²) in [6.45, 7) is 3.23. The van der Waals surface area contributed by atoms with Gasteiger partial charge in [0.15, 0.2) is 0 Å². The van der Waals surface area contributed by atoms with Crippen molar-refractivity contribution < 1.29 is 4.42 Å². The maximum absolute atomic E-state index is 11.7. The summed E-state index contributed by atoms with van der Waals surface area (Å²) in [6, 6.07) is 12.2. The number of aromatic amines is 1. The number of hydrogen-bond acceptors (Lipinski definition) is 6. The average Bonchev–Trinajstić information content (AvgIpc) is 3.49. The van der Waals surface area contributed by atoms with Gasteiger partial charge in [0.05, 0.1) is 16.1 Å². The van der Waals surface area contributed by atoms with Crippen LogP contribution in [-0.2, 0) is 13.0 Å². The fourth-order valence-corrected chi connectivity index (χ4v) is 5.48. The number of fused-ring (bicyclic) bond motifs is 1. The Bertz CT molecular complexity index is 1600. The second kappa shape index (κ2) is 9.94. The van der Waals surface area contributed by atoms with E-state index in [1.165, 1.54) is 31.2 Å². The van der Waals surface area contributed by atoms with Crippen molar-refractivity contribution in [2.24, 2.45) is 11.8 Å². The van der Waals surface area contributed by atoms with Gasteiger partial charge in [0.1, 0.15) is 5.69 Å². The van der Waals surface area contributed by atoms with Crippen LogP contribution < -0.4 is 5.76 Å². The van der Waals surface area contributed by atoms with E-state index in [0.717, 1.165) is 34.6 Å². The van der Waals surface area contributed by atoms with Crippen LogP contribution in [0.2, 0.25) is 5.02 Å². The van der Waals surface area contributed by atoms with Gasteiger partial charge >= 0.3 is 5.76 Å². The van der Waals surface area contributed by atoms with Gasteiger partial charge in [-0.15, -0.1) is 5.10 Å². The SMILES string of the molecule is C[C@H]1CC[C@H](Cn2cc(Cc3ccccc3)c3nc(-c4n[nH]c(=O)o4)nc(-c4cncc(Cl)c4)c32)CC1. The first-order valence-electron chi connectivity index (χ1n) is 12.6. The van der Waals surface area contributed by atoms with E-state index in [0.29, 0.717) is 23.1 Å². The van der Waals surface area contributed by atoms with Crippen LogP contribution in [0.15, 0.2) is 64.2 Å². The van der Waals surface area contributed by atoms with Gasteiger partial charge in [-0.25, -0.2) is 19.9 Å². The van der Waals surface area contributed by atoms with E-state index in [1.54, 1.807) is 12.4 Å². The minimum absolute atomic E-state index is 0.0443. The standard InChI is InChI=1S/C28H27ClN6O2/c1-17-7-9-19(10-8-17)15-35-16-21(11-18-5-3-2-4-6-18)24-25(35)23(20-12-22(29)14-30-13-20)31-26(32-24)27-33-34-28(36)37-27/h2-6,12-14,16-17,19H,7-11,15H2,1H3,(H,34,36)/t17-,19-. The van der Waals surface area contributed by atoms with Crippen molar-refractivity contribution >= 4 is 22.6 Å². The Labute approximate surface area is 218 Å². The highest BCUT2D eigenvalue weighted by Crippen LogP contribution is 2.36. The van der Waals surface area contributed by atoms with E-state index in [2.05, 4.69) is 45.0 Å². The Balaban J connectivity index is 1.56. The number of rotatable bonds is 6. The molecule has 9 heteroatoms. The van der Waals surface area contributed by atoms with E-state index < -0.39 is 5.76 Å². The topological polar surface area (TPSA) is 102 Å². The summed E-state index contributed by atoms with van der Waals surface area (Å²) < 4.78 is 7.53. The Morgan fingerprint density at radius 3 is 2.65 bits per heavy atom. The number of H-pyrrole nitrogens is 1. The van der Waals surface area contributed by atoms with E-state index in [9.17, 15) is 4.79 Å². The predicted molar refractivity (Wildman–Crippen MR) is 142 cm³/mol. The molecule has 1 aliphatic rings. The van der Waals surface area contributed by atoms with E-state index >= 15 is 0 Å². The second-order valence-corrected chi connectivity index (χ2v) is 10.4. The van der Waals surface area contributed by atoms with E-state index in [4.69, 9.17) is 26.0 Å². The van der Waals surface area contributed by atoms with Gasteiger partial charge in [-0.3, -0.25) is 4.98 Å². The zero-order valence-electron chi connectivity index (χ0n) is 20.5. The van der Waals surface area contributed by atoms with Crippen LogP contribution in [-0.4, -0.2) is 29.7 Å². The number of nitrogens with zero attached hydrogens (tertiary/aromatic N) is 5. The maximum Gasteiger partial charge on any atom is 0.434 e. The molecule has 1 fully saturated rings. The number of halogens is 1. The lowest BCUT2D eigenvalue weighted by Gasteiger charge is -2.26. The third-order valence-corrected chi connectivity index (χ3v) is 7.43. The molecule has 4 heterocycles. The van der Waals surface area contributed by atoms with Crippen molar-refractivity contribution in [3.63, 3.8) is 0 Å². The van der Waals surface area contributed by atoms with Crippen molar-refractivity contribution in [3.8, 4) is 23.0 Å². The van der Waals surface area contributed by atoms with Gasteiger partial charge in [0.25, 0.3) is 5.89 Å². The fourth-order valence-electron chi connectivity index (χ4n) is 5.31. The van der Waals surface area contributed by atoms with Gasteiger partial charge in [-0.1, -0.05) is 61.7 Å². The lowest BCUT2D eigenvalue weighted by atomic mass is 9.83. The minimum atomic E-state index is -0.654. The van der Waals surface area contributed by atoms with Crippen LogP contribution >= 0.6 is 11.6 Å². The summed E-state index contributed by atoms with van der Waals surface area (Å²) >= 11 is 6.34. The molecule has 1 aromatic carbocycles. The molecule has 0 aliphatic heterocycles. The Hall–Kier alpha value is -3.78. The average molecular weight is 515 g/mol. The summed E-state index contributed by atoms with van der Waals surface area (Å²) in [5.74, 6) is 1.00. The molecule has 5 aromatic rings. The smallest absolute Gasteiger partial charge is 0.384 e. The number of pyridine rings is 1. The molecule has 4 aromatic heterocycles. The predicted octanol–water partition coefficient (Wildman–Crippen LogP) is 5.91. The maximum atomic E-state index is 11.7. The highest BCUT2D eigenvalue weighted by atomic mass is 35.5. The molecule has 0 saturated heterocycles. The van der Waals surface area contributed by atoms with Crippen LogP contribution in [0, 0.1) is 11.8 Å². The van der Waals surface area contributed by atoms with Crippen LogP contribution in [0.4, 0.5) is 0 Å². The van der Waals surface area contributed by atoms with Crippen molar-refractivity contribution in [2.75, 3.05) is 0 Å². The van der Waals surface area contributed by atoms with Gasteiger partial charge in [-0.05, 0) is 36.3 Å². The highest BCUT2D eigenvalue weighted by molar-refractivity contribution is 6.30. The molecular weight excluding hydrogens is 488 g/mol. The third kappa shape index (κ3) is 4.93. The minimum Gasteiger partial charge on any atom is -0.384 e. The van der Waals surface area contributed by atoms with Crippen molar-refractivity contribution in [2.45, 2.75) is 45.6 Å². The zero-order valence-corrected chi connectivity index (χ0v) is 21.3. The summed E-state index contributed by atoms with van der Waals surface area (Å²) in [5.41, 5.74) is 5.44. The molecule has 0 amide bonds. The third-order valence-electron chi connectivity index (χ3n) is 7.22. The van der Waals surface area contributed by atoms with E-state index in [1.807, 2.05) is 24.3 Å². The summed E-state index contributed by atoms with van der Waals surface area (Å²) in [5, 5.41) is 6.81. The molecule has 0 bridgehead atoms. The molecule has 6 rings (SSSR count). The second-order valence-electron chi connectivity index (χ2n) is 10.00. The normalized spacial score (nSPS) is 17.9. The molecule has 0 spiro atoms. The first-order chi connectivity index (χ1) is 18.0. The van der Waals surface area contributed by atoms with Gasteiger partial charge in [0, 0.05) is 42.7 Å². The monoisotopic (exact) mass is 514 g/mol. The van der Waals surface area contributed by atoms with Gasteiger partial charge < -0.3 is 8.98 Å². The molecular formula is C28H27ClN6O2. The van der Waals surface area contributed by atoms with Gasteiger partial charge in [0.2, 0.25) is 5.82 Å². The molecule has 37 heavy (non-hydrogen) atoms. The molecule has 0 unspecified atom stereocenters.